The molecular weight excluding hydrogens is 340 g/mol. The van der Waals surface area contributed by atoms with E-state index in [1.807, 2.05) is 24.3 Å². The maximum Gasteiger partial charge on any atom is 0.243 e. The topological polar surface area (TPSA) is 75.7 Å². The maximum absolute atomic E-state index is 13.0. The van der Waals surface area contributed by atoms with Crippen LogP contribution in [-0.2, 0) is 19.6 Å². The lowest BCUT2D eigenvalue weighted by Gasteiger charge is -2.23. The van der Waals surface area contributed by atoms with Gasteiger partial charge < -0.3 is 10.1 Å². The Morgan fingerprint density at radius 2 is 2.00 bits per heavy atom. The van der Waals surface area contributed by atoms with E-state index < -0.39 is 16.1 Å². The zero-order valence-corrected chi connectivity index (χ0v) is 15.0. The van der Waals surface area contributed by atoms with Crippen LogP contribution in [0.2, 0.25) is 0 Å². The van der Waals surface area contributed by atoms with Crippen molar-refractivity contribution < 1.29 is 17.9 Å². The minimum atomic E-state index is -3.71. The number of nitrogens with zero attached hydrogens (tertiary/aromatic N) is 1. The van der Waals surface area contributed by atoms with Crippen molar-refractivity contribution in [3.63, 3.8) is 0 Å². The molecule has 25 heavy (non-hydrogen) atoms. The van der Waals surface area contributed by atoms with E-state index in [9.17, 15) is 13.2 Å². The Balaban J connectivity index is 1.85. The molecule has 1 N–H and O–H groups in total. The van der Waals surface area contributed by atoms with Gasteiger partial charge in [0.05, 0.1) is 11.5 Å². The second-order valence-corrected chi connectivity index (χ2v) is 7.96. The summed E-state index contributed by atoms with van der Waals surface area (Å²) in [6.07, 6.45) is 1.21. The summed E-state index contributed by atoms with van der Waals surface area (Å²) < 4.78 is 32.3. The zero-order valence-electron chi connectivity index (χ0n) is 14.1. The van der Waals surface area contributed by atoms with E-state index >= 15 is 0 Å². The summed E-state index contributed by atoms with van der Waals surface area (Å²) in [5.41, 5.74) is 0. The van der Waals surface area contributed by atoms with Gasteiger partial charge in [0, 0.05) is 20.2 Å². The second kappa shape index (κ2) is 7.51. The van der Waals surface area contributed by atoms with Crippen molar-refractivity contribution >= 4 is 26.7 Å². The van der Waals surface area contributed by atoms with Crippen molar-refractivity contribution in [2.75, 3.05) is 26.8 Å². The largest absolute Gasteiger partial charge is 0.383 e. The van der Waals surface area contributed by atoms with E-state index in [1.165, 1.54) is 4.31 Å². The lowest BCUT2D eigenvalue weighted by atomic mass is 10.1. The summed E-state index contributed by atoms with van der Waals surface area (Å²) in [5, 5.41) is 4.59. The summed E-state index contributed by atoms with van der Waals surface area (Å²) in [6.45, 7) is 1.13. The van der Waals surface area contributed by atoms with Gasteiger partial charge in [0.1, 0.15) is 6.04 Å². The first-order chi connectivity index (χ1) is 12.0. The van der Waals surface area contributed by atoms with Crippen molar-refractivity contribution in [2.24, 2.45) is 0 Å². The van der Waals surface area contributed by atoms with Gasteiger partial charge in [0.25, 0.3) is 0 Å². The van der Waals surface area contributed by atoms with Crippen LogP contribution in [0.4, 0.5) is 0 Å². The number of fused-ring (bicyclic) bond motifs is 1. The molecule has 0 aliphatic carbocycles. The van der Waals surface area contributed by atoms with Crippen molar-refractivity contribution in [1.29, 1.82) is 0 Å². The molecule has 1 aliphatic rings. The molecule has 0 spiro atoms. The molecule has 1 unspecified atom stereocenters. The second-order valence-electron chi connectivity index (χ2n) is 6.07. The average molecular weight is 362 g/mol. The van der Waals surface area contributed by atoms with Crippen LogP contribution in [0.25, 0.3) is 10.8 Å². The number of hydrogen-bond acceptors (Lipinski definition) is 4. The van der Waals surface area contributed by atoms with Gasteiger partial charge in [-0.05, 0) is 35.7 Å². The van der Waals surface area contributed by atoms with Crippen molar-refractivity contribution in [3.8, 4) is 0 Å². The Kier molecular flexibility index (Phi) is 5.36. The minimum Gasteiger partial charge on any atom is -0.383 e. The van der Waals surface area contributed by atoms with Crippen LogP contribution in [0.15, 0.2) is 47.4 Å². The standard InChI is InChI=1S/C18H22N2O4S/c1-24-12-10-19-18(21)17-7-4-11-20(17)25(22,23)16-9-8-14-5-2-3-6-15(14)13-16/h2-3,5-6,8-9,13,17H,4,7,10-12H2,1H3,(H,19,21). The fraction of sp³-hybridized carbons (Fsp3) is 0.389. The number of nitrogens with one attached hydrogen (secondary N) is 1. The predicted octanol–water partition coefficient (Wildman–Crippen LogP) is 1.76. The first-order valence-corrected chi connectivity index (χ1v) is 9.75. The zero-order chi connectivity index (χ0) is 17.9. The average Bonchev–Trinajstić information content (AvgIpc) is 3.12. The van der Waals surface area contributed by atoms with Gasteiger partial charge >= 0.3 is 0 Å². The van der Waals surface area contributed by atoms with Gasteiger partial charge in [0.2, 0.25) is 15.9 Å². The Morgan fingerprint density at radius 1 is 1.24 bits per heavy atom. The van der Waals surface area contributed by atoms with E-state index in [0.717, 1.165) is 10.8 Å². The van der Waals surface area contributed by atoms with E-state index in [4.69, 9.17) is 4.74 Å². The van der Waals surface area contributed by atoms with Crippen LogP contribution >= 0.6 is 0 Å². The fourth-order valence-electron chi connectivity index (χ4n) is 3.15. The van der Waals surface area contributed by atoms with Crippen molar-refractivity contribution in [2.45, 2.75) is 23.8 Å². The van der Waals surface area contributed by atoms with E-state index in [0.29, 0.717) is 32.5 Å². The number of benzene rings is 2. The molecule has 3 rings (SSSR count). The van der Waals surface area contributed by atoms with Crippen molar-refractivity contribution in [1.82, 2.24) is 9.62 Å². The van der Waals surface area contributed by atoms with Gasteiger partial charge in [-0.15, -0.1) is 0 Å². The lowest BCUT2D eigenvalue weighted by molar-refractivity contribution is -0.124. The highest BCUT2D eigenvalue weighted by Gasteiger charge is 2.39. The van der Waals surface area contributed by atoms with E-state index in [1.54, 1.807) is 25.3 Å². The molecule has 1 atom stereocenters. The normalized spacial score (nSPS) is 18.5. The van der Waals surface area contributed by atoms with Crippen molar-refractivity contribution in [3.05, 3.63) is 42.5 Å². The predicted molar refractivity (Wildman–Crippen MR) is 95.7 cm³/mol. The van der Waals surface area contributed by atoms with E-state index in [-0.39, 0.29) is 10.8 Å². The van der Waals surface area contributed by atoms with Crippen LogP contribution in [0.1, 0.15) is 12.8 Å². The number of hydrogen-bond donors (Lipinski definition) is 1. The van der Waals surface area contributed by atoms with Crippen LogP contribution in [0, 0.1) is 0 Å². The molecule has 1 saturated heterocycles. The third-order valence-corrected chi connectivity index (χ3v) is 6.34. The van der Waals surface area contributed by atoms with Crippen LogP contribution in [0.3, 0.4) is 0 Å². The van der Waals surface area contributed by atoms with Gasteiger partial charge in [-0.25, -0.2) is 8.42 Å². The lowest BCUT2D eigenvalue weighted by Crippen LogP contribution is -2.46. The molecule has 0 bridgehead atoms. The summed E-state index contributed by atoms with van der Waals surface area (Å²) in [7, 11) is -2.16. The molecule has 2 aromatic rings. The molecule has 1 aliphatic heterocycles. The van der Waals surface area contributed by atoms with E-state index in [2.05, 4.69) is 5.32 Å². The Labute approximate surface area is 147 Å². The molecule has 134 valence electrons. The Bertz CT molecular complexity index is 866. The van der Waals surface area contributed by atoms with Gasteiger partial charge in [-0.3, -0.25) is 4.79 Å². The van der Waals surface area contributed by atoms with Gasteiger partial charge in [-0.2, -0.15) is 4.31 Å². The highest BCUT2D eigenvalue weighted by molar-refractivity contribution is 7.89. The first-order valence-electron chi connectivity index (χ1n) is 8.31. The molecule has 0 radical (unpaired) electrons. The summed E-state index contributed by atoms with van der Waals surface area (Å²) in [5.74, 6) is -0.265. The van der Waals surface area contributed by atoms with Crippen LogP contribution in [-0.4, -0.2) is 51.5 Å². The summed E-state index contributed by atoms with van der Waals surface area (Å²) >= 11 is 0. The van der Waals surface area contributed by atoms with Crippen LogP contribution < -0.4 is 5.32 Å². The number of sulfonamides is 1. The fourth-order valence-corrected chi connectivity index (χ4v) is 4.84. The molecule has 2 aromatic carbocycles. The molecule has 7 heteroatoms. The molecule has 6 nitrogen and oxygen atoms in total. The minimum absolute atomic E-state index is 0.225. The molecule has 1 heterocycles. The number of methoxy groups -OCH3 is 1. The Morgan fingerprint density at radius 3 is 2.76 bits per heavy atom. The Hall–Kier alpha value is -1.96. The number of amides is 1. The monoisotopic (exact) mass is 362 g/mol. The van der Waals surface area contributed by atoms with Crippen LogP contribution in [0.5, 0.6) is 0 Å². The van der Waals surface area contributed by atoms with Gasteiger partial charge in [0.15, 0.2) is 0 Å². The quantitative estimate of drug-likeness (QED) is 0.795. The maximum atomic E-state index is 13.0. The third kappa shape index (κ3) is 3.68. The molecule has 0 saturated carbocycles. The number of rotatable bonds is 6. The SMILES string of the molecule is COCCNC(=O)C1CCCN1S(=O)(=O)c1ccc2ccccc2c1. The molecule has 1 fully saturated rings. The molecule has 0 aromatic heterocycles. The highest BCUT2D eigenvalue weighted by Crippen LogP contribution is 2.28. The number of carbonyl (C=O) groups excluding carboxylic acids is 1. The molecular formula is C18H22N2O4S. The summed E-state index contributed by atoms with van der Waals surface area (Å²) in [4.78, 5) is 12.6. The summed E-state index contributed by atoms with van der Waals surface area (Å²) in [6, 6.07) is 12.0. The highest BCUT2D eigenvalue weighted by atomic mass is 32.2. The smallest absolute Gasteiger partial charge is 0.243 e. The first kappa shape index (κ1) is 17.8. The van der Waals surface area contributed by atoms with Gasteiger partial charge in [-0.1, -0.05) is 30.3 Å². The third-order valence-electron chi connectivity index (χ3n) is 4.44. The number of ether oxygens (including phenoxy) is 1. The number of carbonyl (C=O) groups is 1. The molecule has 1 amide bonds.